The predicted octanol–water partition coefficient (Wildman–Crippen LogP) is 4.12. The summed E-state index contributed by atoms with van der Waals surface area (Å²) in [5, 5.41) is 14.2. The zero-order valence-corrected chi connectivity index (χ0v) is 18.8. The molecule has 0 aromatic carbocycles. The molecule has 4 aromatic rings. The summed E-state index contributed by atoms with van der Waals surface area (Å²) in [4.78, 5) is 32.4. The van der Waals surface area contributed by atoms with Crippen molar-refractivity contribution in [2.75, 3.05) is 0 Å². The molecular formula is C22H16ClF3N8O. The molecule has 1 aliphatic carbocycles. The Morgan fingerprint density at radius 1 is 1.17 bits per heavy atom. The van der Waals surface area contributed by atoms with Crippen LogP contribution in [0.3, 0.4) is 0 Å². The molecule has 4 aromatic heterocycles. The van der Waals surface area contributed by atoms with E-state index in [2.05, 4.69) is 30.0 Å². The second-order valence-corrected chi connectivity index (χ2v) is 8.69. The van der Waals surface area contributed by atoms with Gasteiger partial charge in [-0.1, -0.05) is 17.7 Å². The Morgan fingerprint density at radius 3 is 2.46 bits per heavy atom. The Bertz CT molecular complexity index is 1510. The van der Waals surface area contributed by atoms with Crippen molar-refractivity contribution in [2.45, 2.75) is 43.8 Å². The van der Waals surface area contributed by atoms with E-state index >= 15 is 0 Å². The highest BCUT2D eigenvalue weighted by Gasteiger charge is 2.38. The molecule has 0 radical (unpaired) electrons. The predicted molar refractivity (Wildman–Crippen MR) is 118 cm³/mol. The van der Waals surface area contributed by atoms with Crippen LogP contribution in [0.2, 0.25) is 5.02 Å². The first-order valence-corrected chi connectivity index (χ1v) is 11.0. The summed E-state index contributed by atoms with van der Waals surface area (Å²) in [6, 6.07) is 3.41. The van der Waals surface area contributed by atoms with E-state index in [0.717, 1.165) is 25.1 Å². The zero-order chi connectivity index (χ0) is 24.9. The van der Waals surface area contributed by atoms with Crippen LogP contribution in [0.1, 0.15) is 66.2 Å². The summed E-state index contributed by atoms with van der Waals surface area (Å²) in [6.45, 7) is 1.67. The minimum absolute atomic E-state index is 0.0154. The van der Waals surface area contributed by atoms with Gasteiger partial charge < -0.3 is 4.98 Å². The maximum Gasteiger partial charge on any atom is 0.433 e. The third-order valence-corrected chi connectivity index (χ3v) is 6.40. The molecule has 0 amide bonds. The van der Waals surface area contributed by atoms with Crippen molar-refractivity contribution >= 4 is 22.6 Å². The van der Waals surface area contributed by atoms with Crippen molar-refractivity contribution in [3.05, 3.63) is 74.7 Å². The molecule has 0 bridgehead atoms. The third-order valence-electron chi connectivity index (χ3n) is 6.21. The molecule has 13 heteroatoms. The van der Waals surface area contributed by atoms with Gasteiger partial charge in [0.2, 0.25) is 0 Å². The lowest BCUT2D eigenvalue weighted by Crippen LogP contribution is -2.28. The number of rotatable bonds is 4. The molecule has 3 atom stereocenters. The van der Waals surface area contributed by atoms with E-state index in [1.807, 2.05) is 6.07 Å². The van der Waals surface area contributed by atoms with Crippen LogP contribution in [0, 0.1) is 11.3 Å². The third kappa shape index (κ3) is 4.01. The van der Waals surface area contributed by atoms with Crippen molar-refractivity contribution in [1.29, 1.82) is 5.26 Å². The van der Waals surface area contributed by atoms with Crippen molar-refractivity contribution in [3.63, 3.8) is 0 Å². The van der Waals surface area contributed by atoms with Crippen LogP contribution in [-0.4, -0.2) is 34.7 Å². The summed E-state index contributed by atoms with van der Waals surface area (Å²) in [6.07, 6.45) is 1.08. The van der Waals surface area contributed by atoms with Gasteiger partial charge in [0.05, 0.1) is 11.1 Å². The van der Waals surface area contributed by atoms with Crippen LogP contribution in [0.5, 0.6) is 0 Å². The van der Waals surface area contributed by atoms with Crippen molar-refractivity contribution in [3.8, 4) is 6.07 Å². The number of H-pyrrole nitrogens is 1. The van der Waals surface area contributed by atoms with Crippen molar-refractivity contribution in [2.24, 2.45) is 0 Å². The van der Waals surface area contributed by atoms with Gasteiger partial charge in [-0.2, -0.15) is 23.5 Å². The van der Waals surface area contributed by atoms with Gasteiger partial charge in [-0.05, 0) is 31.4 Å². The van der Waals surface area contributed by atoms with E-state index < -0.39 is 23.5 Å². The fourth-order valence-electron chi connectivity index (χ4n) is 4.20. The van der Waals surface area contributed by atoms with Crippen LogP contribution < -0.4 is 5.56 Å². The summed E-state index contributed by atoms with van der Waals surface area (Å²) >= 11 is 5.88. The number of aromatic nitrogens is 7. The maximum atomic E-state index is 13.0. The molecule has 4 heterocycles. The highest BCUT2D eigenvalue weighted by molar-refractivity contribution is 6.30. The first-order chi connectivity index (χ1) is 16.7. The SMILES string of the molecule is C[C@@H](c1ccc(C(F)(F)F)nc1)n1nc(C#N)c2c(=O)[nH]c(C3CCC3c3ncc(Cl)cn3)nc21. The van der Waals surface area contributed by atoms with Gasteiger partial charge in [0, 0.05) is 30.4 Å². The molecular weight excluding hydrogens is 485 g/mol. The van der Waals surface area contributed by atoms with Gasteiger partial charge in [0.25, 0.3) is 5.56 Å². The highest BCUT2D eigenvalue weighted by atomic mass is 35.5. The largest absolute Gasteiger partial charge is 0.433 e. The Labute approximate surface area is 200 Å². The summed E-state index contributed by atoms with van der Waals surface area (Å²) in [7, 11) is 0. The topological polar surface area (TPSA) is 126 Å². The lowest BCUT2D eigenvalue weighted by atomic mass is 9.72. The van der Waals surface area contributed by atoms with Gasteiger partial charge >= 0.3 is 6.18 Å². The molecule has 178 valence electrons. The van der Waals surface area contributed by atoms with Crippen LogP contribution in [0.15, 0.2) is 35.5 Å². The minimum Gasteiger partial charge on any atom is -0.310 e. The average molecular weight is 501 g/mol. The Morgan fingerprint density at radius 2 is 1.89 bits per heavy atom. The van der Waals surface area contributed by atoms with Crippen LogP contribution in [-0.2, 0) is 6.18 Å². The molecule has 35 heavy (non-hydrogen) atoms. The normalized spacial score (nSPS) is 18.7. The standard InChI is InChI=1S/C22H16ClF3N8O/c1-10(11-2-5-16(28-7-11)22(24,25)26)34-20-17(15(6-27)33-34)21(35)32-19(31-20)14-4-3-13(14)18-29-8-12(23)9-30-18/h2,5,7-10,13-14H,3-4H2,1H3,(H,31,32,35)/t10-,13?,14?/m0/s1. The van der Waals surface area contributed by atoms with Crippen molar-refractivity contribution in [1.82, 2.24) is 34.7 Å². The Kier molecular flexibility index (Phi) is 5.52. The molecule has 9 nitrogen and oxygen atoms in total. The molecule has 1 saturated carbocycles. The first kappa shape index (κ1) is 22.9. The van der Waals surface area contributed by atoms with Gasteiger partial charge in [-0.3, -0.25) is 9.78 Å². The van der Waals surface area contributed by atoms with Crippen LogP contribution >= 0.6 is 11.6 Å². The molecule has 1 N–H and O–H groups in total. The van der Waals surface area contributed by atoms with Gasteiger partial charge in [0.1, 0.15) is 28.8 Å². The molecule has 0 aliphatic heterocycles. The van der Waals surface area contributed by atoms with E-state index in [0.29, 0.717) is 22.2 Å². The fraction of sp³-hybridized carbons (Fsp3) is 0.318. The molecule has 2 unspecified atom stereocenters. The minimum atomic E-state index is -4.56. The monoisotopic (exact) mass is 500 g/mol. The van der Waals surface area contributed by atoms with Gasteiger partial charge in [-0.15, -0.1) is 0 Å². The number of aromatic amines is 1. The maximum absolute atomic E-state index is 13.0. The van der Waals surface area contributed by atoms with Gasteiger partial charge in [0.15, 0.2) is 11.3 Å². The lowest BCUT2D eigenvalue weighted by molar-refractivity contribution is -0.141. The van der Waals surface area contributed by atoms with Crippen molar-refractivity contribution < 1.29 is 13.2 Å². The first-order valence-electron chi connectivity index (χ1n) is 10.6. The van der Waals surface area contributed by atoms with Crippen LogP contribution in [0.25, 0.3) is 11.0 Å². The Balaban J connectivity index is 1.56. The number of fused-ring (bicyclic) bond motifs is 1. The summed E-state index contributed by atoms with van der Waals surface area (Å²) in [5.41, 5.74) is -1.10. The van der Waals surface area contributed by atoms with E-state index in [1.165, 1.54) is 23.1 Å². The Hall–Kier alpha value is -3.85. The van der Waals surface area contributed by atoms with E-state index in [-0.39, 0.29) is 28.6 Å². The summed E-state index contributed by atoms with van der Waals surface area (Å²) < 4.78 is 40.1. The number of nitriles is 1. The number of alkyl halides is 3. The van der Waals surface area contributed by atoms with Gasteiger partial charge in [-0.25, -0.2) is 19.6 Å². The molecule has 0 spiro atoms. The second kappa shape index (κ2) is 8.42. The smallest absolute Gasteiger partial charge is 0.310 e. The molecule has 0 saturated heterocycles. The average Bonchev–Trinajstić information content (AvgIpc) is 3.18. The number of hydrogen-bond acceptors (Lipinski definition) is 7. The quantitative estimate of drug-likeness (QED) is 0.446. The number of hydrogen-bond donors (Lipinski definition) is 1. The van der Waals surface area contributed by atoms with E-state index in [1.54, 1.807) is 6.92 Å². The molecule has 5 rings (SSSR count). The summed E-state index contributed by atoms with van der Waals surface area (Å²) in [5.74, 6) is 0.755. The second-order valence-electron chi connectivity index (χ2n) is 8.26. The van der Waals surface area contributed by atoms with Crippen LogP contribution in [0.4, 0.5) is 13.2 Å². The lowest BCUT2D eigenvalue weighted by Gasteiger charge is -2.34. The molecule has 1 fully saturated rings. The van der Waals surface area contributed by atoms with E-state index in [4.69, 9.17) is 11.6 Å². The molecule has 1 aliphatic rings. The number of nitrogens with one attached hydrogen (secondary N) is 1. The number of pyridine rings is 1. The van der Waals surface area contributed by atoms with E-state index in [9.17, 15) is 23.2 Å². The zero-order valence-electron chi connectivity index (χ0n) is 18.1. The number of nitrogens with zero attached hydrogens (tertiary/aromatic N) is 7. The fourth-order valence-corrected chi connectivity index (χ4v) is 4.30. The highest BCUT2D eigenvalue weighted by Crippen LogP contribution is 2.46. The number of halogens is 4.